The first-order valence-corrected chi connectivity index (χ1v) is 7.63. The van der Waals surface area contributed by atoms with Crippen molar-refractivity contribution in [2.24, 2.45) is 5.92 Å². The van der Waals surface area contributed by atoms with Crippen molar-refractivity contribution in [1.29, 1.82) is 0 Å². The van der Waals surface area contributed by atoms with E-state index >= 15 is 0 Å². The van der Waals surface area contributed by atoms with Gasteiger partial charge in [0.05, 0.1) is 5.60 Å². The molecule has 0 bridgehead atoms. The van der Waals surface area contributed by atoms with Gasteiger partial charge in [-0.15, -0.1) is 0 Å². The van der Waals surface area contributed by atoms with Crippen LogP contribution in [0.3, 0.4) is 0 Å². The lowest BCUT2D eigenvalue weighted by Crippen LogP contribution is -2.19. The number of hydrogen-bond donors (Lipinski definition) is 0. The Labute approximate surface area is 114 Å². The van der Waals surface area contributed by atoms with Crippen LogP contribution in [-0.4, -0.2) is 25.4 Å². The van der Waals surface area contributed by atoms with Crippen molar-refractivity contribution in [2.45, 2.75) is 78.7 Å². The highest BCUT2D eigenvalue weighted by atomic mass is 16.5. The fraction of sp³-hybridized carbons (Fsp3) is 1.00. The Morgan fingerprint density at radius 1 is 0.778 bits per heavy atom. The molecule has 0 rings (SSSR count). The minimum atomic E-state index is 0.0216. The number of rotatable bonds is 11. The Hall–Kier alpha value is -0.0800. The smallest absolute Gasteiger partial charge is 0.0598 e. The maximum absolute atomic E-state index is 5.69. The van der Waals surface area contributed by atoms with Crippen molar-refractivity contribution in [3.8, 4) is 0 Å². The average Bonchev–Trinajstić information content (AvgIpc) is 2.24. The molecule has 0 aromatic rings. The van der Waals surface area contributed by atoms with Gasteiger partial charge in [0.25, 0.3) is 0 Å². The predicted octanol–water partition coefficient (Wildman–Crippen LogP) is 4.81. The van der Waals surface area contributed by atoms with Crippen LogP contribution in [0.25, 0.3) is 0 Å². The Kier molecular flexibility index (Phi) is 10.8. The van der Waals surface area contributed by atoms with E-state index in [1.54, 1.807) is 0 Å². The van der Waals surface area contributed by atoms with Crippen molar-refractivity contribution in [2.75, 3.05) is 19.8 Å². The van der Waals surface area contributed by atoms with E-state index in [1.807, 2.05) is 0 Å². The Bertz CT molecular complexity index is 170. The zero-order valence-corrected chi connectivity index (χ0v) is 13.3. The summed E-state index contributed by atoms with van der Waals surface area (Å²) in [6.45, 7) is 13.5. The number of hydrogen-bond acceptors (Lipinski definition) is 2. The molecule has 0 heterocycles. The molecule has 0 saturated carbocycles. The van der Waals surface area contributed by atoms with Gasteiger partial charge < -0.3 is 9.47 Å². The fourth-order valence-electron chi connectivity index (χ4n) is 1.71. The molecule has 0 aliphatic rings. The van der Waals surface area contributed by atoms with E-state index in [9.17, 15) is 0 Å². The molecule has 0 atom stereocenters. The van der Waals surface area contributed by atoms with Gasteiger partial charge in [-0.25, -0.2) is 0 Å². The lowest BCUT2D eigenvalue weighted by atomic mass is 10.1. The molecule has 0 radical (unpaired) electrons. The van der Waals surface area contributed by atoms with Crippen LogP contribution in [-0.2, 0) is 9.47 Å². The fourth-order valence-corrected chi connectivity index (χ4v) is 1.71. The summed E-state index contributed by atoms with van der Waals surface area (Å²) in [5.74, 6) is 0.660. The first kappa shape index (κ1) is 17.9. The first-order valence-electron chi connectivity index (χ1n) is 7.63. The third kappa shape index (κ3) is 15.9. The summed E-state index contributed by atoms with van der Waals surface area (Å²) in [5, 5.41) is 0. The van der Waals surface area contributed by atoms with Gasteiger partial charge >= 0.3 is 0 Å². The Morgan fingerprint density at radius 3 is 1.78 bits per heavy atom. The summed E-state index contributed by atoms with van der Waals surface area (Å²) in [7, 11) is 0. The maximum atomic E-state index is 5.69. The molecule has 18 heavy (non-hydrogen) atoms. The van der Waals surface area contributed by atoms with Gasteiger partial charge in [0.15, 0.2) is 0 Å². The van der Waals surface area contributed by atoms with Crippen LogP contribution in [0, 0.1) is 5.92 Å². The third-order valence-corrected chi connectivity index (χ3v) is 2.67. The van der Waals surface area contributed by atoms with Crippen LogP contribution in [0.15, 0.2) is 0 Å². The minimum absolute atomic E-state index is 0.0216. The van der Waals surface area contributed by atoms with E-state index in [0.29, 0.717) is 5.92 Å². The summed E-state index contributed by atoms with van der Waals surface area (Å²) in [5.41, 5.74) is 0.0216. The first-order chi connectivity index (χ1) is 8.42. The van der Waals surface area contributed by atoms with Crippen molar-refractivity contribution in [1.82, 2.24) is 0 Å². The molecular weight excluding hydrogens is 224 g/mol. The second-order valence-electron chi connectivity index (χ2n) is 6.55. The summed E-state index contributed by atoms with van der Waals surface area (Å²) in [6, 6.07) is 0. The van der Waals surface area contributed by atoms with Gasteiger partial charge in [0, 0.05) is 19.8 Å². The highest BCUT2D eigenvalue weighted by molar-refractivity contribution is 4.58. The molecule has 2 nitrogen and oxygen atoms in total. The van der Waals surface area contributed by atoms with Crippen molar-refractivity contribution >= 4 is 0 Å². The largest absolute Gasteiger partial charge is 0.381 e. The highest BCUT2D eigenvalue weighted by Crippen LogP contribution is 2.10. The zero-order valence-electron chi connectivity index (χ0n) is 13.3. The van der Waals surface area contributed by atoms with Gasteiger partial charge in [-0.05, 0) is 39.5 Å². The van der Waals surface area contributed by atoms with Crippen LogP contribution in [0.5, 0.6) is 0 Å². The summed E-state index contributed by atoms with van der Waals surface area (Å²) >= 11 is 0. The lowest BCUT2D eigenvalue weighted by molar-refractivity contribution is -0.00476. The second kappa shape index (κ2) is 10.8. The molecule has 0 aromatic heterocycles. The van der Waals surface area contributed by atoms with Crippen molar-refractivity contribution in [3.05, 3.63) is 0 Å². The minimum Gasteiger partial charge on any atom is -0.381 e. The van der Waals surface area contributed by atoms with Crippen LogP contribution < -0.4 is 0 Å². The molecule has 0 N–H and O–H groups in total. The van der Waals surface area contributed by atoms with Crippen molar-refractivity contribution in [3.63, 3.8) is 0 Å². The standard InChI is InChI=1S/C16H34O2/c1-15(2)14-17-12-10-8-6-7-9-11-13-18-16(3,4)5/h15H,6-14H2,1-5H3. The Balaban J connectivity index is 3.04. The van der Waals surface area contributed by atoms with E-state index in [-0.39, 0.29) is 5.60 Å². The SMILES string of the molecule is CC(C)COCCCCCCCCOC(C)(C)C. The van der Waals surface area contributed by atoms with Gasteiger partial charge in [0.2, 0.25) is 0 Å². The second-order valence-corrected chi connectivity index (χ2v) is 6.55. The molecule has 110 valence electrons. The highest BCUT2D eigenvalue weighted by Gasteiger charge is 2.08. The molecule has 0 unspecified atom stereocenters. The molecule has 0 aliphatic carbocycles. The van der Waals surface area contributed by atoms with E-state index in [2.05, 4.69) is 34.6 Å². The normalized spacial score (nSPS) is 12.3. The van der Waals surface area contributed by atoms with Gasteiger partial charge in [-0.1, -0.05) is 39.5 Å². The maximum Gasteiger partial charge on any atom is 0.0598 e. The summed E-state index contributed by atoms with van der Waals surface area (Å²) < 4.78 is 11.2. The van der Waals surface area contributed by atoms with Gasteiger partial charge in [-0.3, -0.25) is 0 Å². The number of ether oxygens (including phenoxy) is 2. The topological polar surface area (TPSA) is 18.5 Å². The zero-order chi connectivity index (χ0) is 13.9. The molecule has 2 heteroatoms. The molecule has 0 aliphatic heterocycles. The van der Waals surface area contributed by atoms with Crippen LogP contribution in [0.4, 0.5) is 0 Å². The van der Waals surface area contributed by atoms with E-state index < -0.39 is 0 Å². The third-order valence-electron chi connectivity index (χ3n) is 2.67. The van der Waals surface area contributed by atoms with Crippen LogP contribution >= 0.6 is 0 Å². The lowest BCUT2D eigenvalue weighted by Gasteiger charge is -2.19. The summed E-state index contributed by atoms with van der Waals surface area (Å²) in [4.78, 5) is 0. The van der Waals surface area contributed by atoms with Crippen molar-refractivity contribution < 1.29 is 9.47 Å². The summed E-state index contributed by atoms with van der Waals surface area (Å²) in [6.07, 6.45) is 7.67. The average molecular weight is 258 g/mol. The van der Waals surface area contributed by atoms with E-state index in [1.165, 1.54) is 38.5 Å². The monoisotopic (exact) mass is 258 g/mol. The molecule has 0 spiro atoms. The Morgan fingerprint density at radius 2 is 1.28 bits per heavy atom. The predicted molar refractivity (Wildman–Crippen MR) is 79.1 cm³/mol. The molecule has 0 amide bonds. The molecular formula is C16H34O2. The van der Waals surface area contributed by atoms with E-state index in [0.717, 1.165) is 19.8 Å². The van der Waals surface area contributed by atoms with Gasteiger partial charge in [-0.2, -0.15) is 0 Å². The molecule has 0 saturated heterocycles. The van der Waals surface area contributed by atoms with E-state index in [4.69, 9.17) is 9.47 Å². The quantitative estimate of drug-likeness (QED) is 0.495. The van der Waals surface area contributed by atoms with Crippen LogP contribution in [0.1, 0.15) is 73.1 Å². The molecule has 0 fully saturated rings. The van der Waals surface area contributed by atoms with Crippen LogP contribution in [0.2, 0.25) is 0 Å². The number of unbranched alkanes of at least 4 members (excludes halogenated alkanes) is 5. The molecule has 0 aromatic carbocycles. The van der Waals surface area contributed by atoms with Gasteiger partial charge in [0.1, 0.15) is 0 Å².